The van der Waals surface area contributed by atoms with E-state index in [0.717, 1.165) is 5.70 Å². The molecule has 2 aromatic rings. The minimum absolute atomic E-state index is 0.00330. The van der Waals surface area contributed by atoms with Gasteiger partial charge in [0.15, 0.2) is 11.5 Å². The predicted molar refractivity (Wildman–Crippen MR) is 120 cm³/mol. The molecular formula is C25H23FN2O6. The Balaban J connectivity index is 1.76. The smallest absolute Gasteiger partial charge is 0.336 e. The van der Waals surface area contributed by atoms with Crippen molar-refractivity contribution in [3.63, 3.8) is 0 Å². The molecule has 9 heteroatoms. The van der Waals surface area contributed by atoms with Crippen LogP contribution in [-0.2, 0) is 20.9 Å². The molecule has 0 saturated carbocycles. The number of dihydropyridines is 1. The van der Waals surface area contributed by atoms with Crippen molar-refractivity contribution in [3.05, 3.63) is 92.1 Å². The maximum absolute atomic E-state index is 13.4. The Kier molecular flexibility index (Phi) is 6.45. The van der Waals surface area contributed by atoms with E-state index in [2.05, 4.69) is 5.32 Å². The van der Waals surface area contributed by atoms with Crippen LogP contribution in [0.5, 0.6) is 5.75 Å². The lowest BCUT2D eigenvalue weighted by Gasteiger charge is -2.34. The number of nitro benzene ring substituents is 1. The van der Waals surface area contributed by atoms with Crippen molar-refractivity contribution in [2.24, 2.45) is 0 Å². The maximum atomic E-state index is 13.4. The molecule has 0 amide bonds. The number of hydrogen-bond acceptors (Lipinski definition) is 7. The van der Waals surface area contributed by atoms with Gasteiger partial charge in [-0.1, -0.05) is 18.2 Å². The average Bonchev–Trinajstić information content (AvgIpc) is 2.81. The lowest BCUT2D eigenvalue weighted by molar-refractivity contribution is -0.386. The topological polar surface area (TPSA) is 108 Å². The molecule has 1 atom stereocenters. The quantitative estimate of drug-likeness (QED) is 0.381. The molecule has 0 aromatic heterocycles. The number of carbonyl (C=O) groups is 2. The zero-order valence-corrected chi connectivity index (χ0v) is 18.7. The second kappa shape index (κ2) is 9.46. The molecule has 0 saturated heterocycles. The summed E-state index contributed by atoms with van der Waals surface area (Å²) in [6.45, 7) is 1.65. The molecule has 1 N–H and O–H groups in total. The number of esters is 1. The fourth-order valence-corrected chi connectivity index (χ4v) is 4.46. The zero-order valence-electron chi connectivity index (χ0n) is 18.7. The molecule has 0 fully saturated rings. The molecule has 1 aliphatic carbocycles. The average molecular weight is 466 g/mol. The van der Waals surface area contributed by atoms with Crippen LogP contribution >= 0.6 is 0 Å². The molecule has 0 unspecified atom stereocenters. The van der Waals surface area contributed by atoms with Gasteiger partial charge in [-0.25, -0.2) is 9.18 Å². The van der Waals surface area contributed by atoms with Gasteiger partial charge < -0.3 is 14.8 Å². The highest BCUT2D eigenvalue weighted by Crippen LogP contribution is 2.44. The van der Waals surface area contributed by atoms with E-state index in [1.807, 2.05) is 0 Å². The number of ether oxygens (including phenoxy) is 2. The minimum Gasteiger partial charge on any atom is -0.482 e. The van der Waals surface area contributed by atoms with Gasteiger partial charge >= 0.3 is 11.7 Å². The van der Waals surface area contributed by atoms with E-state index in [1.165, 1.54) is 37.4 Å². The van der Waals surface area contributed by atoms with E-state index in [-0.39, 0.29) is 29.4 Å². The summed E-state index contributed by atoms with van der Waals surface area (Å²) in [6.07, 6.45) is 1.66. The van der Waals surface area contributed by atoms with Gasteiger partial charge in [0.1, 0.15) is 12.4 Å². The summed E-state index contributed by atoms with van der Waals surface area (Å²) >= 11 is 0. The van der Waals surface area contributed by atoms with Crippen molar-refractivity contribution in [2.45, 2.75) is 38.7 Å². The number of benzene rings is 2. The number of Topliss-reactive ketones (excluding diaryl/α,β-unsaturated/α-hetero) is 1. The SMILES string of the molecule is COC(=O)C1=C(C)NC2=C(C(=O)CCC2)[C@H]1c1ccc(OCc2cccc(F)c2)c([N+](=O)[O-])c1. The van der Waals surface area contributed by atoms with Crippen molar-refractivity contribution in [1.29, 1.82) is 0 Å². The summed E-state index contributed by atoms with van der Waals surface area (Å²) in [5.74, 6) is -1.96. The number of rotatable bonds is 6. The molecular weight excluding hydrogens is 443 g/mol. The summed E-state index contributed by atoms with van der Waals surface area (Å²) in [7, 11) is 1.25. The molecule has 34 heavy (non-hydrogen) atoms. The van der Waals surface area contributed by atoms with Crippen LogP contribution in [0.25, 0.3) is 0 Å². The number of halogens is 1. The van der Waals surface area contributed by atoms with Crippen molar-refractivity contribution >= 4 is 17.4 Å². The minimum atomic E-state index is -0.799. The first-order chi connectivity index (χ1) is 16.3. The fraction of sp³-hybridized carbons (Fsp3) is 0.280. The first kappa shape index (κ1) is 23.2. The largest absolute Gasteiger partial charge is 0.482 e. The standard InChI is InChI=1S/C25H23FN2O6/c1-14-22(25(30)33-2)23(24-18(27-14)7-4-8-20(24)29)16-9-10-21(19(12-16)28(31)32)34-13-15-5-3-6-17(26)11-15/h3,5-6,9-12,23,27H,4,7-8,13H2,1-2H3/t23-/m0/s1. The zero-order chi connectivity index (χ0) is 24.4. The number of hydrogen-bond donors (Lipinski definition) is 1. The van der Waals surface area contributed by atoms with Gasteiger partial charge in [-0.2, -0.15) is 0 Å². The van der Waals surface area contributed by atoms with Crippen LogP contribution in [0.4, 0.5) is 10.1 Å². The Morgan fingerprint density at radius 1 is 1.24 bits per heavy atom. The van der Waals surface area contributed by atoms with Gasteiger partial charge in [0.05, 0.1) is 17.6 Å². The van der Waals surface area contributed by atoms with E-state index in [9.17, 15) is 24.1 Å². The third-order valence-electron chi connectivity index (χ3n) is 5.98. The number of nitrogens with zero attached hydrogens (tertiary/aromatic N) is 1. The lowest BCUT2D eigenvalue weighted by atomic mass is 9.75. The highest BCUT2D eigenvalue weighted by atomic mass is 19.1. The Hall–Kier alpha value is -4.01. The monoisotopic (exact) mass is 466 g/mol. The van der Waals surface area contributed by atoms with Crippen molar-refractivity contribution in [3.8, 4) is 5.75 Å². The van der Waals surface area contributed by atoms with Gasteiger partial charge in [-0.15, -0.1) is 0 Å². The number of methoxy groups -OCH3 is 1. The van der Waals surface area contributed by atoms with E-state index < -0.39 is 22.6 Å². The number of nitro groups is 1. The van der Waals surface area contributed by atoms with Crippen LogP contribution < -0.4 is 10.1 Å². The Morgan fingerprint density at radius 3 is 2.74 bits per heavy atom. The molecule has 0 radical (unpaired) electrons. The highest BCUT2D eigenvalue weighted by Gasteiger charge is 2.39. The molecule has 0 bridgehead atoms. The Bertz CT molecular complexity index is 1250. The van der Waals surface area contributed by atoms with E-state index in [0.29, 0.717) is 41.7 Å². The van der Waals surface area contributed by atoms with Gasteiger partial charge in [-0.05, 0) is 49.1 Å². The summed E-state index contributed by atoms with van der Waals surface area (Å²) in [5.41, 5.74) is 2.54. The maximum Gasteiger partial charge on any atom is 0.336 e. The molecule has 2 aromatic carbocycles. The van der Waals surface area contributed by atoms with Crippen molar-refractivity contribution in [2.75, 3.05) is 7.11 Å². The van der Waals surface area contributed by atoms with Crippen LogP contribution in [0.3, 0.4) is 0 Å². The third kappa shape index (κ3) is 4.41. The number of nitrogens with one attached hydrogen (secondary N) is 1. The summed E-state index contributed by atoms with van der Waals surface area (Å²) in [4.78, 5) is 36.8. The van der Waals surface area contributed by atoms with Crippen LogP contribution in [0.2, 0.25) is 0 Å². The number of carbonyl (C=O) groups excluding carboxylic acids is 2. The van der Waals surface area contributed by atoms with E-state index in [1.54, 1.807) is 19.1 Å². The number of allylic oxidation sites excluding steroid dienone is 3. The van der Waals surface area contributed by atoms with Crippen LogP contribution in [-0.4, -0.2) is 23.8 Å². The molecule has 0 spiro atoms. The highest BCUT2D eigenvalue weighted by molar-refractivity contribution is 6.03. The second-order valence-electron chi connectivity index (χ2n) is 8.16. The van der Waals surface area contributed by atoms with Gasteiger partial charge in [-0.3, -0.25) is 14.9 Å². The predicted octanol–water partition coefficient (Wildman–Crippen LogP) is 4.45. The van der Waals surface area contributed by atoms with E-state index >= 15 is 0 Å². The first-order valence-corrected chi connectivity index (χ1v) is 10.8. The molecule has 1 heterocycles. The Morgan fingerprint density at radius 2 is 2.03 bits per heavy atom. The van der Waals surface area contributed by atoms with E-state index in [4.69, 9.17) is 9.47 Å². The van der Waals surface area contributed by atoms with Gasteiger partial charge in [0.25, 0.3) is 0 Å². The van der Waals surface area contributed by atoms with Crippen LogP contribution in [0.15, 0.2) is 65.0 Å². The van der Waals surface area contributed by atoms with Gasteiger partial charge in [0, 0.05) is 35.4 Å². The summed E-state index contributed by atoms with van der Waals surface area (Å²) in [5, 5.41) is 15.0. The molecule has 4 rings (SSSR count). The van der Waals surface area contributed by atoms with Crippen molar-refractivity contribution < 1.29 is 28.4 Å². The molecule has 1 aliphatic heterocycles. The number of ketones is 1. The second-order valence-corrected chi connectivity index (χ2v) is 8.16. The summed E-state index contributed by atoms with van der Waals surface area (Å²) < 4.78 is 24.0. The fourth-order valence-electron chi connectivity index (χ4n) is 4.46. The van der Waals surface area contributed by atoms with Gasteiger partial charge in [0.2, 0.25) is 0 Å². The van der Waals surface area contributed by atoms with Crippen LogP contribution in [0.1, 0.15) is 43.2 Å². The Labute approximate surface area is 195 Å². The third-order valence-corrected chi connectivity index (χ3v) is 5.98. The lowest BCUT2D eigenvalue weighted by Crippen LogP contribution is -2.34. The first-order valence-electron chi connectivity index (χ1n) is 10.8. The van der Waals surface area contributed by atoms with Crippen molar-refractivity contribution in [1.82, 2.24) is 5.32 Å². The molecule has 2 aliphatic rings. The van der Waals surface area contributed by atoms with Crippen LogP contribution in [0, 0.1) is 15.9 Å². The normalized spacial score (nSPS) is 17.7. The molecule has 176 valence electrons. The molecule has 8 nitrogen and oxygen atoms in total. The summed E-state index contributed by atoms with van der Waals surface area (Å²) in [6, 6.07) is 10.1.